The average Bonchev–Trinajstić information content (AvgIpc) is 2.40. The predicted molar refractivity (Wildman–Crippen MR) is 70.6 cm³/mol. The van der Waals surface area contributed by atoms with Gasteiger partial charge in [0.25, 0.3) is 0 Å². The Hall–Kier alpha value is -2.43. The molecular weight excluding hydrogens is 230 g/mol. The van der Waals surface area contributed by atoms with Crippen LogP contribution in [0.5, 0.6) is 0 Å². The molecule has 0 fully saturated rings. The van der Waals surface area contributed by atoms with Crippen LogP contribution in [0.3, 0.4) is 0 Å². The fraction of sp³-hybridized carbons (Fsp3) is 0.154. The molecule has 1 heterocycles. The number of hydrogen-bond donors (Lipinski definition) is 1. The van der Waals surface area contributed by atoms with Gasteiger partial charge in [0.15, 0.2) is 0 Å². The first-order valence-electron chi connectivity index (χ1n) is 5.56. The van der Waals surface area contributed by atoms with Crippen molar-refractivity contribution in [3.8, 4) is 0 Å². The number of ether oxygens (including phenoxy) is 1. The van der Waals surface area contributed by atoms with Gasteiger partial charge in [0, 0.05) is 17.6 Å². The maximum Gasteiger partial charge on any atom is 0.349 e. The van der Waals surface area contributed by atoms with Crippen LogP contribution >= 0.6 is 0 Å². The Morgan fingerprint density at radius 1 is 1.22 bits per heavy atom. The number of aliphatic imine (C=N–C) groups is 2. The highest BCUT2D eigenvalue weighted by molar-refractivity contribution is 6.23. The van der Waals surface area contributed by atoms with E-state index in [0.29, 0.717) is 6.54 Å². The number of fused-ring (bicyclic) bond motifs is 1. The fourth-order valence-electron chi connectivity index (χ4n) is 1.42. The largest absolute Gasteiger partial charge is 0.459 e. The van der Waals surface area contributed by atoms with Gasteiger partial charge in [-0.15, -0.1) is 0 Å². The average molecular weight is 243 g/mol. The molecule has 1 aromatic rings. The van der Waals surface area contributed by atoms with Gasteiger partial charge in [-0.1, -0.05) is 24.3 Å². The Morgan fingerprint density at radius 3 is 2.94 bits per heavy atom. The smallest absolute Gasteiger partial charge is 0.349 e. The molecule has 18 heavy (non-hydrogen) atoms. The summed E-state index contributed by atoms with van der Waals surface area (Å²) in [4.78, 5) is 19.2. The zero-order chi connectivity index (χ0) is 12.6. The second-order valence-electron chi connectivity index (χ2n) is 3.55. The highest BCUT2D eigenvalue weighted by atomic mass is 16.5. The Kier molecular flexibility index (Phi) is 4.24. The van der Waals surface area contributed by atoms with E-state index in [1.165, 1.54) is 0 Å². The van der Waals surface area contributed by atoms with E-state index in [1.54, 1.807) is 12.5 Å². The van der Waals surface area contributed by atoms with Crippen molar-refractivity contribution >= 4 is 30.9 Å². The van der Waals surface area contributed by atoms with Crippen molar-refractivity contribution in [2.75, 3.05) is 13.2 Å². The minimum atomic E-state index is -0.463. The molecule has 0 aliphatic carbocycles. The third-order valence-electron chi connectivity index (χ3n) is 2.26. The van der Waals surface area contributed by atoms with Gasteiger partial charge >= 0.3 is 5.97 Å². The minimum Gasteiger partial charge on any atom is -0.459 e. The van der Waals surface area contributed by atoms with Crippen LogP contribution in [-0.4, -0.2) is 31.7 Å². The molecule has 1 N–H and O–H groups in total. The quantitative estimate of drug-likeness (QED) is 0.619. The van der Waals surface area contributed by atoms with E-state index in [0.717, 1.165) is 16.7 Å². The molecule has 92 valence electrons. The van der Waals surface area contributed by atoms with Crippen LogP contribution in [-0.2, 0) is 9.53 Å². The lowest BCUT2D eigenvalue weighted by Gasteiger charge is -1.96. The van der Waals surface area contributed by atoms with Crippen LogP contribution in [0.15, 0.2) is 34.3 Å². The third-order valence-corrected chi connectivity index (χ3v) is 2.26. The van der Waals surface area contributed by atoms with Crippen molar-refractivity contribution in [1.29, 1.82) is 0 Å². The standard InChI is InChI=1S/C13H13N3O2/c17-13-9-15-7-11-3-1-2-4-12(11)8-16-10-14-5-6-18-13/h1-4,7-10H,5-6H2,(H,14,16)/b11-7-,12-8-,15-9-. The van der Waals surface area contributed by atoms with Crippen LogP contribution in [0, 0.1) is 0 Å². The van der Waals surface area contributed by atoms with Crippen molar-refractivity contribution in [3.05, 3.63) is 34.7 Å². The Labute approximate surface area is 104 Å². The van der Waals surface area contributed by atoms with E-state index in [2.05, 4.69) is 15.3 Å². The van der Waals surface area contributed by atoms with Crippen molar-refractivity contribution in [3.63, 3.8) is 0 Å². The summed E-state index contributed by atoms with van der Waals surface area (Å²) in [6.45, 7) is 0.668. The van der Waals surface area contributed by atoms with Crippen LogP contribution in [0.1, 0.15) is 0 Å². The van der Waals surface area contributed by atoms with Crippen molar-refractivity contribution in [2.45, 2.75) is 0 Å². The van der Waals surface area contributed by atoms with E-state index in [4.69, 9.17) is 4.74 Å². The first-order valence-corrected chi connectivity index (χ1v) is 5.56. The topological polar surface area (TPSA) is 63.0 Å². The summed E-state index contributed by atoms with van der Waals surface area (Å²) in [5.41, 5.74) is 0. The molecular formula is C13H13N3O2. The van der Waals surface area contributed by atoms with E-state index >= 15 is 0 Å². The number of hydrogen-bond acceptors (Lipinski definition) is 5. The van der Waals surface area contributed by atoms with E-state index in [9.17, 15) is 4.79 Å². The minimum absolute atomic E-state index is 0.246. The van der Waals surface area contributed by atoms with Gasteiger partial charge in [-0.2, -0.15) is 0 Å². The molecule has 1 aliphatic heterocycles. The molecule has 2 rings (SSSR count). The summed E-state index contributed by atoms with van der Waals surface area (Å²) >= 11 is 0. The molecule has 0 radical (unpaired) electrons. The molecule has 0 amide bonds. The first kappa shape index (κ1) is 12.0. The van der Waals surface area contributed by atoms with Crippen LogP contribution < -0.4 is 15.8 Å². The third kappa shape index (κ3) is 3.55. The molecule has 0 atom stereocenters. The lowest BCUT2D eigenvalue weighted by Crippen LogP contribution is -2.26. The summed E-state index contributed by atoms with van der Waals surface area (Å²) in [7, 11) is 0. The second kappa shape index (κ2) is 6.34. The van der Waals surface area contributed by atoms with Crippen LogP contribution in [0.2, 0.25) is 0 Å². The lowest BCUT2D eigenvalue weighted by molar-refractivity contribution is -0.134. The number of esters is 1. The van der Waals surface area contributed by atoms with Gasteiger partial charge in [-0.25, -0.2) is 4.79 Å². The maximum absolute atomic E-state index is 11.2. The summed E-state index contributed by atoms with van der Waals surface area (Å²) in [6, 6.07) is 7.69. The van der Waals surface area contributed by atoms with Gasteiger partial charge in [-0.3, -0.25) is 9.98 Å². The zero-order valence-electron chi connectivity index (χ0n) is 9.74. The predicted octanol–water partition coefficient (Wildman–Crippen LogP) is -0.592. The Balaban J connectivity index is 2.40. The number of carbonyl (C=O) groups excluding carboxylic acids is 1. The maximum atomic E-state index is 11.2. The fourth-order valence-corrected chi connectivity index (χ4v) is 1.42. The Morgan fingerprint density at radius 2 is 2.06 bits per heavy atom. The molecule has 0 saturated heterocycles. The number of nitrogens with zero attached hydrogens (tertiary/aromatic N) is 2. The number of benzene rings is 1. The SMILES string of the molecule is O=C1\C=N/C=c2/cccc/c2=C/N/C=N\CCO1. The molecule has 1 aromatic carbocycles. The molecule has 0 bridgehead atoms. The van der Waals surface area contributed by atoms with Gasteiger partial charge in [0.1, 0.15) is 12.8 Å². The summed E-state index contributed by atoms with van der Waals surface area (Å²) in [5.74, 6) is -0.463. The van der Waals surface area contributed by atoms with Gasteiger partial charge in [-0.05, 0) is 5.22 Å². The van der Waals surface area contributed by atoms with E-state index in [1.807, 2.05) is 30.5 Å². The van der Waals surface area contributed by atoms with Crippen LogP contribution in [0.4, 0.5) is 0 Å². The summed E-state index contributed by atoms with van der Waals surface area (Å²) < 4.78 is 4.88. The molecule has 0 aromatic heterocycles. The van der Waals surface area contributed by atoms with Crippen LogP contribution in [0.25, 0.3) is 12.4 Å². The number of nitrogens with one attached hydrogen (secondary N) is 1. The molecule has 5 heteroatoms. The second-order valence-corrected chi connectivity index (χ2v) is 3.55. The molecule has 0 spiro atoms. The van der Waals surface area contributed by atoms with Crippen molar-refractivity contribution in [2.24, 2.45) is 9.98 Å². The monoisotopic (exact) mass is 243 g/mol. The summed E-state index contributed by atoms with van der Waals surface area (Å²) in [5, 5.41) is 4.83. The molecule has 0 saturated carbocycles. The molecule has 1 aliphatic rings. The highest BCUT2D eigenvalue weighted by Gasteiger charge is 1.95. The lowest BCUT2D eigenvalue weighted by atomic mass is 10.2. The zero-order valence-corrected chi connectivity index (χ0v) is 9.74. The van der Waals surface area contributed by atoms with Crippen molar-refractivity contribution < 1.29 is 9.53 Å². The van der Waals surface area contributed by atoms with Crippen molar-refractivity contribution in [1.82, 2.24) is 5.32 Å². The number of rotatable bonds is 0. The number of carbonyl (C=O) groups is 1. The highest BCUT2D eigenvalue weighted by Crippen LogP contribution is 1.79. The molecule has 0 unspecified atom stereocenters. The van der Waals surface area contributed by atoms with E-state index in [-0.39, 0.29) is 6.61 Å². The van der Waals surface area contributed by atoms with Gasteiger partial charge in [0.05, 0.1) is 12.9 Å². The normalized spacial score (nSPS) is 23.0. The van der Waals surface area contributed by atoms with Gasteiger partial charge in [0.2, 0.25) is 0 Å². The van der Waals surface area contributed by atoms with Gasteiger partial charge < -0.3 is 10.1 Å². The molecule has 5 nitrogen and oxygen atoms in total. The van der Waals surface area contributed by atoms with E-state index < -0.39 is 5.97 Å². The Bertz CT molecular complexity index is 590. The number of cyclic esters (lactones) is 1. The summed E-state index contributed by atoms with van der Waals surface area (Å²) in [6.07, 6.45) is 6.17. The first-order chi connectivity index (χ1) is 8.86.